The molecular formula is C11H14O3. The number of rotatable bonds is 5. The van der Waals surface area contributed by atoms with Crippen molar-refractivity contribution in [3.63, 3.8) is 0 Å². The summed E-state index contributed by atoms with van der Waals surface area (Å²) in [6.45, 7) is 2.12. The molecule has 1 atom stereocenters. The van der Waals surface area contributed by atoms with Crippen molar-refractivity contribution in [3.05, 3.63) is 29.8 Å². The number of hydrogen-bond acceptors (Lipinski definition) is 3. The van der Waals surface area contributed by atoms with Gasteiger partial charge in [-0.25, -0.2) is 0 Å². The van der Waals surface area contributed by atoms with Crippen LogP contribution in [0.4, 0.5) is 0 Å². The van der Waals surface area contributed by atoms with Crippen LogP contribution in [0.15, 0.2) is 24.3 Å². The summed E-state index contributed by atoms with van der Waals surface area (Å²) >= 11 is 0. The van der Waals surface area contributed by atoms with Crippen molar-refractivity contribution in [2.45, 2.75) is 19.4 Å². The van der Waals surface area contributed by atoms with E-state index in [1.54, 1.807) is 25.1 Å². The molecule has 1 aromatic rings. The minimum atomic E-state index is -0.376. The van der Waals surface area contributed by atoms with Crippen LogP contribution < -0.4 is 4.74 Å². The predicted octanol–water partition coefficient (Wildman–Crippen LogP) is 1.65. The summed E-state index contributed by atoms with van der Waals surface area (Å²) in [7, 11) is 0. The topological polar surface area (TPSA) is 46.5 Å². The number of aldehydes is 1. The van der Waals surface area contributed by atoms with Crippen LogP contribution >= 0.6 is 0 Å². The number of para-hydroxylation sites is 1. The zero-order valence-corrected chi connectivity index (χ0v) is 8.14. The van der Waals surface area contributed by atoms with E-state index in [4.69, 9.17) is 9.84 Å². The maximum atomic E-state index is 10.6. The first-order valence-electron chi connectivity index (χ1n) is 4.59. The molecule has 0 bridgehead atoms. The van der Waals surface area contributed by atoms with Crippen LogP contribution in [0.3, 0.4) is 0 Å². The maximum Gasteiger partial charge on any atom is 0.153 e. The van der Waals surface area contributed by atoms with Gasteiger partial charge in [0.2, 0.25) is 0 Å². The number of ether oxygens (including phenoxy) is 1. The van der Waals surface area contributed by atoms with Crippen molar-refractivity contribution < 1.29 is 14.6 Å². The molecule has 1 rings (SSSR count). The van der Waals surface area contributed by atoms with Gasteiger partial charge in [-0.2, -0.15) is 0 Å². The van der Waals surface area contributed by atoms with Crippen molar-refractivity contribution in [1.29, 1.82) is 0 Å². The van der Waals surface area contributed by atoms with E-state index < -0.39 is 0 Å². The van der Waals surface area contributed by atoms with Crippen molar-refractivity contribution in [3.8, 4) is 5.75 Å². The van der Waals surface area contributed by atoms with Gasteiger partial charge in [0.1, 0.15) is 5.75 Å². The summed E-state index contributed by atoms with van der Waals surface area (Å²) in [5, 5.41) is 9.01. The third kappa shape index (κ3) is 3.18. The average Bonchev–Trinajstić information content (AvgIpc) is 2.18. The van der Waals surface area contributed by atoms with Gasteiger partial charge < -0.3 is 9.84 Å². The summed E-state index contributed by atoms with van der Waals surface area (Å²) in [5.41, 5.74) is 0.540. The highest BCUT2D eigenvalue weighted by Gasteiger charge is 2.01. The smallest absolute Gasteiger partial charge is 0.153 e. The molecule has 0 amide bonds. The lowest BCUT2D eigenvalue weighted by Gasteiger charge is -2.08. The molecule has 0 saturated carbocycles. The lowest BCUT2D eigenvalue weighted by Crippen LogP contribution is -2.08. The molecule has 0 spiro atoms. The summed E-state index contributed by atoms with van der Waals surface area (Å²) in [4.78, 5) is 10.6. The van der Waals surface area contributed by atoms with Crippen molar-refractivity contribution in [2.75, 3.05) is 6.61 Å². The van der Waals surface area contributed by atoms with Crippen LogP contribution in [0.2, 0.25) is 0 Å². The molecule has 76 valence electrons. The van der Waals surface area contributed by atoms with Crippen LogP contribution in [-0.4, -0.2) is 24.1 Å². The summed E-state index contributed by atoms with van der Waals surface area (Å²) in [5.74, 6) is 0.572. The van der Waals surface area contributed by atoms with Gasteiger partial charge in [0.25, 0.3) is 0 Å². The van der Waals surface area contributed by atoms with Gasteiger partial charge in [0.05, 0.1) is 18.3 Å². The fourth-order valence-electron chi connectivity index (χ4n) is 1.05. The van der Waals surface area contributed by atoms with E-state index in [0.717, 1.165) is 6.29 Å². The van der Waals surface area contributed by atoms with Gasteiger partial charge in [-0.1, -0.05) is 12.1 Å². The molecule has 1 unspecified atom stereocenters. The molecule has 14 heavy (non-hydrogen) atoms. The highest BCUT2D eigenvalue weighted by atomic mass is 16.5. The quantitative estimate of drug-likeness (QED) is 0.725. The van der Waals surface area contributed by atoms with Crippen molar-refractivity contribution in [1.82, 2.24) is 0 Å². The molecule has 0 aliphatic heterocycles. The van der Waals surface area contributed by atoms with Gasteiger partial charge in [0, 0.05) is 6.42 Å². The molecule has 3 heteroatoms. The van der Waals surface area contributed by atoms with Gasteiger partial charge in [-0.3, -0.25) is 4.79 Å². The fourth-order valence-corrected chi connectivity index (χ4v) is 1.05. The molecule has 0 fully saturated rings. The number of benzene rings is 1. The van der Waals surface area contributed by atoms with Crippen LogP contribution in [-0.2, 0) is 0 Å². The third-order valence-electron chi connectivity index (χ3n) is 1.84. The summed E-state index contributed by atoms with van der Waals surface area (Å²) in [6, 6.07) is 7.03. The summed E-state index contributed by atoms with van der Waals surface area (Å²) in [6.07, 6.45) is 0.948. The second kappa shape index (κ2) is 5.40. The molecular weight excluding hydrogens is 180 g/mol. The second-order valence-electron chi connectivity index (χ2n) is 3.14. The fraction of sp³-hybridized carbons (Fsp3) is 0.364. The van der Waals surface area contributed by atoms with E-state index in [1.807, 2.05) is 6.07 Å². The van der Waals surface area contributed by atoms with Crippen molar-refractivity contribution in [2.24, 2.45) is 0 Å². The number of aliphatic hydroxyl groups is 1. The molecule has 0 saturated heterocycles. The number of hydrogen-bond donors (Lipinski definition) is 1. The Morgan fingerprint density at radius 1 is 1.50 bits per heavy atom. The van der Waals surface area contributed by atoms with E-state index in [9.17, 15) is 4.79 Å². The Morgan fingerprint density at radius 3 is 2.86 bits per heavy atom. The Hall–Kier alpha value is -1.35. The molecule has 1 N–H and O–H groups in total. The highest BCUT2D eigenvalue weighted by molar-refractivity contribution is 5.79. The number of aliphatic hydroxyl groups excluding tert-OH is 1. The van der Waals surface area contributed by atoms with Gasteiger partial charge >= 0.3 is 0 Å². The van der Waals surface area contributed by atoms with E-state index in [-0.39, 0.29) is 6.10 Å². The Balaban J connectivity index is 2.53. The predicted molar refractivity (Wildman–Crippen MR) is 53.6 cm³/mol. The molecule has 3 nitrogen and oxygen atoms in total. The Kier molecular flexibility index (Phi) is 4.13. The van der Waals surface area contributed by atoms with Crippen LogP contribution in [0, 0.1) is 0 Å². The SMILES string of the molecule is CC(O)CCOc1ccccc1C=O. The Bertz CT molecular complexity index is 294. The maximum absolute atomic E-state index is 10.6. The minimum absolute atomic E-state index is 0.376. The Labute approximate surface area is 83.3 Å². The summed E-state index contributed by atoms with van der Waals surface area (Å²) < 4.78 is 5.35. The first-order chi connectivity index (χ1) is 6.74. The molecule has 0 radical (unpaired) electrons. The Morgan fingerprint density at radius 2 is 2.21 bits per heavy atom. The number of carbonyl (C=O) groups is 1. The highest BCUT2D eigenvalue weighted by Crippen LogP contribution is 2.15. The lowest BCUT2D eigenvalue weighted by atomic mass is 10.2. The van der Waals surface area contributed by atoms with Gasteiger partial charge in [-0.05, 0) is 19.1 Å². The normalized spacial score (nSPS) is 12.1. The number of carbonyl (C=O) groups excluding carboxylic acids is 1. The zero-order chi connectivity index (χ0) is 10.4. The van der Waals surface area contributed by atoms with Crippen LogP contribution in [0.1, 0.15) is 23.7 Å². The second-order valence-corrected chi connectivity index (χ2v) is 3.14. The van der Waals surface area contributed by atoms with Crippen LogP contribution in [0.25, 0.3) is 0 Å². The van der Waals surface area contributed by atoms with E-state index in [0.29, 0.717) is 24.3 Å². The molecule has 1 aromatic carbocycles. The molecule has 0 aliphatic carbocycles. The van der Waals surface area contributed by atoms with E-state index in [2.05, 4.69) is 0 Å². The monoisotopic (exact) mass is 194 g/mol. The van der Waals surface area contributed by atoms with Gasteiger partial charge in [0.15, 0.2) is 6.29 Å². The zero-order valence-electron chi connectivity index (χ0n) is 8.14. The standard InChI is InChI=1S/C11H14O3/c1-9(13)6-7-14-11-5-3-2-4-10(11)8-12/h2-5,8-9,13H,6-7H2,1H3. The molecule has 0 aliphatic rings. The van der Waals surface area contributed by atoms with Crippen molar-refractivity contribution >= 4 is 6.29 Å². The first-order valence-corrected chi connectivity index (χ1v) is 4.59. The largest absolute Gasteiger partial charge is 0.493 e. The molecule has 0 aromatic heterocycles. The van der Waals surface area contributed by atoms with E-state index >= 15 is 0 Å². The van der Waals surface area contributed by atoms with Gasteiger partial charge in [-0.15, -0.1) is 0 Å². The lowest BCUT2D eigenvalue weighted by molar-refractivity contribution is 0.111. The molecule has 0 heterocycles. The van der Waals surface area contributed by atoms with E-state index in [1.165, 1.54) is 0 Å². The van der Waals surface area contributed by atoms with Crippen LogP contribution in [0.5, 0.6) is 5.75 Å². The average molecular weight is 194 g/mol. The first kappa shape index (κ1) is 10.7. The minimum Gasteiger partial charge on any atom is -0.493 e. The third-order valence-corrected chi connectivity index (χ3v) is 1.84.